The third kappa shape index (κ3) is 12.9. The van der Waals surface area contributed by atoms with Gasteiger partial charge in [0, 0.05) is 19.3 Å². The molecule has 5 unspecified atom stereocenters. The van der Waals surface area contributed by atoms with E-state index in [0.717, 1.165) is 17.9 Å². The summed E-state index contributed by atoms with van der Waals surface area (Å²) in [6, 6.07) is -0.675. The molecule has 2 saturated heterocycles. The number of benzene rings is 2. The van der Waals surface area contributed by atoms with Gasteiger partial charge >= 0.3 is 0 Å². The Morgan fingerprint density at radius 3 is 2.08 bits per heavy atom. The molecule has 0 spiro atoms. The summed E-state index contributed by atoms with van der Waals surface area (Å²) in [7, 11) is 0. The number of carbonyl (C=O) groups is 7. The Kier molecular flexibility index (Phi) is 17.6. The summed E-state index contributed by atoms with van der Waals surface area (Å²) in [5, 5.41) is 104. The molecule has 4 aliphatic heterocycles. The van der Waals surface area contributed by atoms with Crippen molar-refractivity contribution in [1.29, 1.82) is 0 Å². The number of aliphatic imine (C=N–C) groups is 2. The van der Waals surface area contributed by atoms with Crippen LogP contribution in [-0.4, -0.2) is 217 Å². The van der Waals surface area contributed by atoms with Crippen LogP contribution in [0.3, 0.4) is 0 Å². The number of hydrogen-bond donors (Lipinski definition) is 18. The molecule has 0 aromatic heterocycles. The topological polar surface area (TPSA) is 467 Å². The lowest BCUT2D eigenvalue weighted by Crippen LogP contribution is -2.70. The van der Waals surface area contributed by atoms with E-state index in [4.69, 9.17) is 17.6 Å². The van der Waals surface area contributed by atoms with Crippen molar-refractivity contribution >= 4 is 59.0 Å². The van der Waals surface area contributed by atoms with E-state index in [1.807, 2.05) is 0 Å². The fourth-order valence-electron chi connectivity index (χ4n) is 8.66. The maximum absolute atomic E-state index is 14.8. The van der Waals surface area contributed by atoms with Crippen molar-refractivity contribution < 1.29 is 80.6 Å². The van der Waals surface area contributed by atoms with Crippen LogP contribution in [0.1, 0.15) is 30.9 Å². The van der Waals surface area contributed by atoms with Gasteiger partial charge in [0.1, 0.15) is 72.6 Å². The van der Waals surface area contributed by atoms with Gasteiger partial charge in [-0.1, -0.05) is 43.3 Å². The number of phenolic OH excluding ortho intramolecular Hbond substituents is 1. The van der Waals surface area contributed by atoms with E-state index < -0.39 is 177 Å². The molecule has 4 heterocycles. The Morgan fingerprint density at radius 1 is 0.795 bits per heavy atom. The van der Waals surface area contributed by atoms with Crippen LogP contribution >= 0.6 is 0 Å². The smallest absolute Gasteiger partial charge is 0.246 e. The molecule has 2 aromatic rings. The summed E-state index contributed by atoms with van der Waals surface area (Å²) in [5.41, 5.74) is 12.3. The number of aliphatic hydroxyl groups is 7. The van der Waals surface area contributed by atoms with E-state index in [2.05, 4.69) is 47.2 Å². The molecule has 4 aliphatic rings. The lowest BCUT2D eigenvalue weighted by atomic mass is 9.92. The zero-order chi connectivity index (χ0) is 54.3. The molecule has 15 atom stereocenters. The minimum Gasteiger partial charge on any atom is -0.506 e. The Hall–Kier alpha value is -7.25. The quantitative estimate of drug-likeness (QED) is 0.0878. The van der Waals surface area contributed by atoms with Crippen molar-refractivity contribution in [3.63, 3.8) is 0 Å². The molecule has 7 amide bonds. The van der Waals surface area contributed by atoms with Crippen LogP contribution in [0.5, 0.6) is 5.75 Å². The van der Waals surface area contributed by atoms with Crippen molar-refractivity contribution in [2.24, 2.45) is 21.5 Å². The highest BCUT2D eigenvalue weighted by atomic mass is 16.6. The lowest BCUT2D eigenvalue weighted by Gasteiger charge is -2.46. The fraction of sp³-hybridized carbons (Fsp3) is 0.523. The van der Waals surface area contributed by atoms with Crippen LogP contribution in [0, 0.1) is 0 Å². The number of aliphatic hydroxyl groups excluding tert-OH is 7. The van der Waals surface area contributed by atoms with E-state index in [0.29, 0.717) is 10.9 Å². The van der Waals surface area contributed by atoms with Gasteiger partial charge in [-0.05, 0) is 23.3 Å². The summed E-state index contributed by atoms with van der Waals surface area (Å²) in [5.74, 6) is -10.1. The Bertz CT molecular complexity index is 2480. The molecule has 398 valence electrons. The molecular formula is C44H61N13O16. The molecule has 0 radical (unpaired) electrons. The van der Waals surface area contributed by atoms with E-state index in [1.165, 1.54) is 12.1 Å². The zero-order valence-corrected chi connectivity index (χ0v) is 39.3. The van der Waals surface area contributed by atoms with Gasteiger partial charge in [0.15, 0.2) is 19.6 Å². The highest BCUT2D eigenvalue weighted by Crippen LogP contribution is 2.29. The van der Waals surface area contributed by atoms with Gasteiger partial charge < -0.3 is 104 Å². The molecule has 2 fully saturated rings. The number of ether oxygens (including phenoxy) is 1. The van der Waals surface area contributed by atoms with Crippen LogP contribution in [0.15, 0.2) is 58.5 Å². The number of anilines is 1. The lowest BCUT2D eigenvalue weighted by molar-refractivity contribution is -0.260. The van der Waals surface area contributed by atoms with Crippen LogP contribution in [-0.2, 0) is 44.7 Å². The first kappa shape index (κ1) is 53.5. The summed E-state index contributed by atoms with van der Waals surface area (Å²) in [4.78, 5) is 107. The first-order chi connectivity index (χ1) is 35.1. The molecule has 29 nitrogen and oxygen atoms in total. The van der Waals surface area contributed by atoms with E-state index in [-0.39, 0.29) is 23.8 Å². The molecule has 0 bridgehead atoms. The van der Waals surface area contributed by atoms with E-state index in [9.17, 15) is 74.4 Å². The number of nitrogens with two attached hydrogens (primary N) is 2. The van der Waals surface area contributed by atoms with Crippen LogP contribution < -0.4 is 54.0 Å². The number of nitrogens with one attached hydrogen (secondary N) is 8. The average Bonchev–Trinajstić information content (AvgIpc) is 4.00. The monoisotopic (exact) mass is 1030 g/mol. The number of guanidine groups is 2. The SMILES string of the molecule is [2H]N(C(C)=O)c1cc(C[C@@H]2NC(=O)[C@H](C(C)c3ccccc3)NC(=O)CNC(=O)[C@H](CO)NC(=O)[C@@H](C(O)C3CN=C(N)N3[C@H]3O[C@H](CO)[C@@H](O)[C@H](O)[C@@H]3O)NC(=O)[C@H](C(O)C3CN=C(N)N3)NC2=O)ccc1O. The zero-order valence-electron chi connectivity index (χ0n) is 40.3. The van der Waals surface area contributed by atoms with Crippen LogP contribution in [0.2, 0.25) is 1.41 Å². The minimum absolute atomic E-state index is 0.110. The van der Waals surface area contributed by atoms with Crippen molar-refractivity contribution in [1.82, 2.24) is 42.1 Å². The highest BCUT2D eigenvalue weighted by Gasteiger charge is 2.52. The molecule has 2 aromatic carbocycles. The third-order valence-electron chi connectivity index (χ3n) is 12.7. The molecule has 0 saturated carbocycles. The van der Waals surface area contributed by atoms with Crippen LogP contribution in [0.4, 0.5) is 5.69 Å². The van der Waals surface area contributed by atoms with E-state index >= 15 is 0 Å². The summed E-state index contributed by atoms with van der Waals surface area (Å²) in [6.45, 7) is -1.08. The highest BCUT2D eigenvalue weighted by molar-refractivity contribution is 5.99. The Labute approximate surface area is 417 Å². The van der Waals surface area contributed by atoms with Gasteiger partial charge in [-0.2, -0.15) is 0 Å². The van der Waals surface area contributed by atoms with Crippen molar-refractivity contribution in [3.8, 4) is 5.75 Å². The first-order valence-corrected chi connectivity index (χ1v) is 22.9. The number of hydrogen-bond acceptors (Lipinski definition) is 22. The van der Waals surface area contributed by atoms with Gasteiger partial charge in [-0.3, -0.25) is 43.5 Å². The summed E-state index contributed by atoms with van der Waals surface area (Å²) in [6.07, 6.45) is -13.9. The normalized spacial score (nSPS) is 31.2. The second kappa shape index (κ2) is 24.0. The maximum atomic E-state index is 14.8. The van der Waals surface area contributed by atoms with E-state index in [1.54, 1.807) is 37.3 Å². The molecule has 20 N–H and O–H groups in total. The van der Waals surface area contributed by atoms with Gasteiger partial charge in [-0.25, -0.2) is 0 Å². The van der Waals surface area contributed by atoms with Crippen molar-refractivity contribution in [2.45, 2.75) is 111 Å². The maximum Gasteiger partial charge on any atom is 0.246 e. The van der Waals surface area contributed by atoms with Crippen molar-refractivity contribution in [3.05, 3.63) is 59.7 Å². The number of amides is 7. The summed E-state index contributed by atoms with van der Waals surface area (Å²) < 4.78 is 13.8. The van der Waals surface area contributed by atoms with Gasteiger partial charge in [0.2, 0.25) is 41.4 Å². The predicted octanol–water partition coefficient (Wildman–Crippen LogP) is -8.95. The average molecular weight is 1030 g/mol. The minimum atomic E-state index is -2.31. The first-order valence-electron chi connectivity index (χ1n) is 23.4. The number of aromatic hydroxyl groups is 1. The Balaban J connectivity index is 1.44. The molecule has 0 aliphatic carbocycles. The predicted molar refractivity (Wildman–Crippen MR) is 252 cm³/mol. The molecular weight excluding hydrogens is 967 g/mol. The second-order valence-electron chi connectivity index (χ2n) is 17.7. The number of nitrogens with zero attached hydrogens (tertiary/aromatic N) is 3. The van der Waals surface area contributed by atoms with Gasteiger partial charge in [0.05, 0.1) is 50.6 Å². The van der Waals surface area contributed by atoms with Crippen LogP contribution in [0.25, 0.3) is 0 Å². The number of rotatable bonds is 12. The largest absolute Gasteiger partial charge is 0.506 e. The standard InChI is InChI=1S/C44H61N13O16/c1-17(20-6-4-3-5-7-20)29-39(70)51-22(11-19-8-9-26(61)21(10-19)50-18(2)60)38(69)55-30(32(63)23-12-48-43(45)53-23)41(72)56-31(40(71)52-24(15-58)37(68)47-14-28(62)54-29)33(64)25-13-49-44(46)57(25)42-36(67)35(66)34(65)27(16-59)73-42/h3-10,17,22-25,27,29-36,42,58-59,61,63-67H,11-16H2,1-2H3,(H2,46,49)(H,47,68)(H,50,60)(H,51,70)(H,52,71)(H,54,62)(H,55,69)(H,56,72)(H3,45,48,53)/t17?,22-,23?,24-,25?,27+,29-,30-,31+,32?,33?,34+,35-,36-,42-/m0/s1/i/hD. The third-order valence-corrected chi connectivity index (χ3v) is 12.7. The Morgan fingerprint density at radius 2 is 1.44 bits per heavy atom. The molecule has 6 rings (SSSR count). The number of phenols is 1. The summed E-state index contributed by atoms with van der Waals surface area (Å²) >= 11 is 0. The fourth-order valence-corrected chi connectivity index (χ4v) is 8.66. The number of carbonyl (C=O) groups excluding carboxylic acids is 7. The van der Waals surface area contributed by atoms with Gasteiger partial charge in [-0.15, -0.1) is 0 Å². The molecule has 73 heavy (non-hydrogen) atoms. The second-order valence-corrected chi connectivity index (χ2v) is 17.7. The van der Waals surface area contributed by atoms with Crippen molar-refractivity contribution in [2.75, 3.05) is 38.2 Å². The molecule has 29 heteroatoms. The van der Waals surface area contributed by atoms with Gasteiger partial charge in [0.25, 0.3) is 0 Å².